The largest absolute Gasteiger partial charge is 0.495 e. The molecule has 1 aromatic carbocycles. The van der Waals surface area contributed by atoms with Crippen molar-refractivity contribution in [3.05, 3.63) is 24.3 Å². The Morgan fingerprint density at radius 3 is 2.69 bits per heavy atom. The molecule has 5 rings (SSSR count). The summed E-state index contributed by atoms with van der Waals surface area (Å²) in [6, 6.07) is 7.99. The van der Waals surface area contributed by atoms with Crippen molar-refractivity contribution in [1.82, 2.24) is 4.90 Å². The Bertz CT molecular complexity index is 741. The number of anilines is 1. The third-order valence-corrected chi connectivity index (χ3v) is 6.79. The second-order valence-corrected chi connectivity index (χ2v) is 7.91. The van der Waals surface area contributed by atoms with Gasteiger partial charge in [-0.2, -0.15) is 0 Å². The van der Waals surface area contributed by atoms with Crippen LogP contribution < -0.4 is 9.64 Å². The first-order valence-corrected chi connectivity index (χ1v) is 9.54. The SMILES string of the molecule is COc1ccccc1N1CCN(C(=O)C2C3CC4OC(=O)C2C4C3)CC1. The predicted molar refractivity (Wildman–Crippen MR) is 94.9 cm³/mol. The lowest BCUT2D eigenvalue weighted by Gasteiger charge is -2.39. The number of rotatable bonds is 3. The van der Waals surface area contributed by atoms with Crippen LogP contribution in [0.1, 0.15) is 12.8 Å². The molecule has 6 heteroatoms. The molecule has 2 aliphatic heterocycles. The average molecular weight is 356 g/mol. The number of amides is 1. The number of hydrogen-bond acceptors (Lipinski definition) is 5. The second-order valence-electron chi connectivity index (χ2n) is 7.91. The molecule has 26 heavy (non-hydrogen) atoms. The third-order valence-electron chi connectivity index (χ3n) is 6.79. The molecule has 1 aromatic rings. The van der Waals surface area contributed by atoms with Crippen molar-refractivity contribution < 1.29 is 19.1 Å². The average Bonchev–Trinajstić information content (AvgIpc) is 3.30. The van der Waals surface area contributed by atoms with E-state index in [0.717, 1.165) is 37.4 Å². The van der Waals surface area contributed by atoms with E-state index in [1.165, 1.54) is 0 Å². The summed E-state index contributed by atoms with van der Waals surface area (Å²) in [5, 5.41) is 0. The molecule has 138 valence electrons. The monoisotopic (exact) mass is 356 g/mol. The second kappa shape index (κ2) is 5.89. The van der Waals surface area contributed by atoms with Gasteiger partial charge in [-0.3, -0.25) is 9.59 Å². The Balaban J connectivity index is 1.27. The Morgan fingerprint density at radius 2 is 1.92 bits per heavy atom. The van der Waals surface area contributed by atoms with Gasteiger partial charge in [0.05, 0.1) is 24.6 Å². The van der Waals surface area contributed by atoms with E-state index < -0.39 is 0 Å². The quantitative estimate of drug-likeness (QED) is 0.769. The van der Waals surface area contributed by atoms with Crippen molar-refractivity contribution in [2.24, 2.45) is 23.7 Å². The number of carbonyl (C=O) groups is 2. The number of carbonyl (C=O) groups excluding carboxylic acids is 2. The minimum Gasteiger partial charge on any atom is -0.495 e. The molecule has 2 bridgehead atoms. The fraction of sp³-hybridized carbons (Fsp3) is 0.600. The highest BCUT2D eigenvalue weighted by molar-refractivity contribution is 5.88. The standard InChI is InChI=1S/C20H24N2O4/c1-25-15-5-3-2-4-14(15)21-6-8-22(9-7-21)19(23)17-12-10-13-16(11-12)26-20(24)18(13)17/h2-5,12-13,16-18H,6-11H2,1H3. The van der Waals surface area contributed by atoms with Gasteiger partial charge in [0, 0.05) is 32.1 Å². The number of benzene rings is 1. The summed E-state index contributed by atoms with van der Waals surface area (Å²) in [5.41, 5.74) is 1.07. The van der Waals surface area contributed by atoms with Gasteiger partial charge in [0.25, 0.3) is 0 Å². The first kappa shape index (κ1) is 16.0. The third kappa shape index (κ3) is 2.24. The first-order valence-electron chi connectivity index (χ1n) is 9.54. The molecule has 2 heterocycles. The molecule has 0 N–H and O–H groups in total. The number of piperazine rings is 1. The molecular formula is C20H24N2O4. The van der Waals surface area contributed by atoms with Gasteiger partial charge in [0.2, 0.25) is 5.91 Å². The zero-order valence-corrected chi connectivity index (χ0v) is 15.0. The number of esters is 1. The topological polar surface area (TPSA) is 59.1 Å². The zero-order valence-electron chi connectivity index (χ0n) is 15.0. The van der Waals surface area contributed by atoms with E-state index in [-0.39, 0.29) is 35.7 Å². The van der Waals surface area contributed by atoms with Gasteiger partial charge in [-0.15, -0.1) is 0 Å². The van der Waals surface area contributed by atoms with Gasteiger partial charge >= 0.3 is 5.97 Å². The lowest BCUT2D eigenvalue weighted by atomic mass is 9.79. The summed E-state index contributed by atoms with van der Waals surface area (Å²) in [5.74, 6) is 1.19. The first-order chi connectivity index (χ1) is 12.7. The molecule has 0 aromatic heterocycles. The van der Waals surface area contributed by atoms with Crippen molar-refractivity contribution in [3.63, 3.8) is 0 Å². The fourth-order valence-electron chi connectivity index (χ4n) is 5.61. The van der Waals surface area contributed by atoms with Crippen LogP contribution in [0.25, 0.3) is 0 Å². The zero-order chi connectivity index (χ0) is 17.8. The van der Waals surface area contributed by atoms with Gasteiger partial charge in [-0.05, 0) is 30.9 Å². The van der Waals surface area contributed by atoms with E-state index in [9.17, 15) is 9.59 Å². The summed E-state index contributed by atoms with van der Waals surface area (Å²) in [7, 11) is 1.68. The highest BCUT2D eigenvalue weighted by Gasteiger charge is 2.64. The number of para-hydroxylation sites is 2. The van der Waals surface area contributed by atoms with E-state index in [1.54, 1.807) is 7.11 Å². The van der Waals surface area contributed by atoms with Gasteiger partial charge in [0.15, 0.2) is 0 Å². The van der Waals surface area contributed by atoms with Crippen LogP contribution in [0.4, 0.5) is 5.69 Å². The smallest absolute Gasteiger partial charge is 0.310 e. The number of nitrogens with zero attached hydrogens (tertiary/aromatic N) is 2. The number of fused-ring (bicyclic) bond motifs is 1. The van der Waals surface area contributed by atoms with Crippen molar-refractivity contribution in [3.8, 4) is 5.75 Å². The molecule has 2 saturated carbocycles. The van der Waals surface area contributed by atoms with Gasteiger partial charge in [-0.25, -0.2) is 0 Å². The van der Waals surface area contributed by atoms with Crippen LogP contribution in [0.15, 0.2) is 24.3 Å². The Labute approximate surface area is 153 Å². The molecular weight excluding hydrogens is 332 g/mol. The molecule has 5 atom stereocenters. The van der Waals surface area contributed by atoms with E-state index in [1.807, 2.05) is 23.1 Å². The summed E-state index contributed by atoms with van der Waals surface area (Å²) < 4.78 is 10.9. The van der Waals surface area contributed by atoms with Crippen LogP contribution in [0.3, 0.4) is 0 Å². The molecule has 2 saturated heterocycles. The molecule has 0 radical (unpaired) electrons. The number of hydrogen-bond donors (Lipinski definition) is 0. The number of methoxy groups -OCH3 is 1. The predicted octanol–water partition coefficient (Wildman–Crippen LogP) is 1.54. The maximum Gasteiger partial charge on any atom is 0.310 e. The van der Waals surface area contributed by atoms with Gasteiger partial charge in [-0.1, -0.05) is 12.1 Å². The minimum atomic E-state index is -0.182. The molecule has 1 amide bonds. The number of ether oxygens (including phenoxy) is 2. The molecule has 5 unspecified atom stereocenters. The van der Waals surface area contributed by atoms with Crippen LogP contribution in [-0.2, 0) is 14.3 Å². The van der Waals surface area contributed by atoms with Crippen LogP contribution in [0.5, 0.6) is 5.75 Å². The van der Waals surface area contributed by atoms with Crippen molar-refractivity contribution in [1.29, 1.82) is 0 Å². The summed E-state index contributed by atoms with van der Waals surface area (Å²) >= 11 is 0. The Hall–Kier alpha value is -2.24. The Morgan fingerprint density at radius 1 is 1.15 bits per heavy atom. The summed E-state index contributed by atoms with van der Waals surface area (Å²) in [6.07, 6.45) is 1.95. The molecule has 4 aliphatic rings. The van der Waals surface area contributed by atoms with Crippen LogP contribution in [-0.4, -0.2) is 56.2 Å². The van der Waals surface area contributed by atoms with Gasteiger partial charge in [0.1, 0.15) is 11.9 Å². The molecule has 4 fully saturated rings. The van der Waals surface area contributed by atoms with Crippen LogP contribution >= 0.6 is 0 Å². The van der Waals surface area contributed by atoms with Crippen LogP contribution in [0.2, 0.25) is 0 Å². The fourth-order valence-corrected chi connectivity index (χ4v) is 5.61. The molecule has 0 spiro atoms. The summed E-state index contributed by atoms with van der Waals surface area (Å²) in [4.78, 5) is 29.6. The maximum absolute atomic E-state index is 13.2. The van der Waals surface area contributed by atoms with Crippen molar-refractivity contribution >= 4 is 17.6 Å². The van der Waals surface area contributed by atoms with E-state index in [2.05, 4.69) is 11.0 Å². The highest BCUT2D eigenvalue weighted by atomic mass is 16.6. The van der Waals surface area contributed by atoms with E-state index >= 15 is 0 Å². The van der Waals surface area contributed by atoms with Crippen LogP contribution in [0, 0.1) is 23.7 Å². The molecule has 2 aliphatic carbocycles. The molecule has 6 nitrogen and oxygen atoms in total. The van der Waals surface area contributed by atoms with Gasteiger partial charge < -0.3 is 19.3 Å². The lowest BCUT2D eigenvalue weighted by molar-refractivity contribution is -0.148. The van der Waals surface area contributed by atoms with E-state index in [4.69, 9.17) is 9.47 Å². The Kier molecular flexibility index (Phi) is 3.62. The van der Waals surface area contributed by atoms with Crippen molar-refractivity contribution in [2.45, 2.75) is 18.9 Å². The minimum absolute atomic E-state index is 0.0870. The lowest BCUT2D eigenvalue weighted by Crippen LogP contribution is -2.52. The normalized spacial score (nSPS) is 35.0. The van der Waals surface area contributed by atoms with Crippen molar-refractivity contribution in [2.75, 3.05) is 38.2 Å². The summed E-state index contributed by atoms with van der Waals surface area (Å²) in [6.45, 7) is 2.95. The maximum atomic E-state index is 13.2. The highest BCUT2D eigenvalue weighted by Crippen LogP contribution is 2.58. The van der Waals surface area contributed by atoms with E-state index in [0.29, 0.717) is 19.0 Å².